The summed E-state index contributed by atoms with van der Waals surface area (Å²) >= 11 is 0. The fraction of sp³-hybridized carbons (Fsp3) is 0.500. The lowest BCUT2D eigenvalue weighted by Gasteiger charge is -1.93. The van der Waals surface area contributed by atoms with Crippen molar-refractivity contribution in [2.45, 2.75) is 26.2 Å². The zero-order chi connectivity index (χ0) is 6.41. The summed E-state index contributed by atoms with van der Waals surface area (Å²) in [6.07, 6.45) is 8.02. The van der Waals surface area contributed by atoms with Gasteiger partial charge in [-0.3, -0.25) is 0 Å². The molecule has 0 nitrogen and oxygen atoms in total. The van der Waals surface area contributed by atoms with E-state index in [0.717, 1.165) is 19.3 Å². The molecule has 0 rings (SSSR count). The van der Waals surface area contributed by atoms with Crippen LogP contribution in [0.3, 0.4) is 0 Å². The Hall–Kier alpha value is -0.700. The normalized spacial score (nSPS) is 8.00. The zero-order valence-corrected chi connectivity index (χ0v) is 5.41. The number of hydrogen-bond donors (Lipinski definition) is 0. The van der Waals surface area contributed by atoms with Gasteiger partial charge in [0.1, 0.15) is 0 Å². The van der Waals surface area contributed by atoms with E-state index in [0.29, 0.717) is 0 Å². The molecule has 0 amide bonds. The Balaban J connectivity index is 3.23. The molecule has 0 aromatic heterocycles. The summed E-state index contributed by atoms with van der Waals surface area (Å²) in [4.78, 5) is 0. The predicted molar refractivity (Wildman–Crippen MR) is 37.5 cm³/mol. The minimum absolute atomic E-state index is 0.744. The van der Waals surface area contributed by atoms with Crippen LogP contribution in [0.2, 0.25) is 0 Å². The number of allylic oxidation sites excluding steroid dienone is 1. The van der Waals surface area contributed by atoms with Crippen molar-refractivity contribution in [1.29, 1.82) is 0 Å². The van der Waals surface area contributed by atoms with Gasteiger partial charge in [-0.1, -0.05) is 25.5 Å². The SMILES string of the molecule is C#CCC(=C)CCC. The van der Waals surface area contributed by atoms with Crippen LogP contribution < -0.4 is 0 Å². The molecule has 0 aromatic rings. The van der Waals surface area contributed by atoms with Gasteiger partial charge in [0.05, 0.1) is 0 Å². The van der Waals surface area contributed by atoms with Gasteiger partial charge in [0.25, 0.3) is 0 Å². The molecule has 0 saturated carbocycles. The van der Waals surface area contributed by atoms with Gasteiger partial charge in [-0.15, -0.1) is 12.3 Å². The molecular weight excluding hydrogens is 96.1 g/mol. The van der Waals surface area contributed by atoms with E-state index in [9.17, 15) is 0 Å². The van der Waals surface area contributed by atoms with Crippen LogP contribution in [0.25, 0.3) is 0 Å². The van der Waals surface area contributed by atoms with E-state index in [1.165, 1.54) is 5.57 Å². The highest BCUT2D eigenvalue weighted by Gasteiger charge is 1.85. The summed E-state index contributed by atoms with van der Waals surface area (Å²) in [7, 11) is 0. The molecule has 0 fully saturated rings. The van der Waals surface area contributed by atoms with Gasteiger partial charge in [0.15, 0.2) is 0 Å². The second kappa shape index (κ2) is 4.46. The van der Waals surface area contributed by atoms with Crippen molar-refractivity contribution >= 4 is 0 Å². The monoisotopic (exact) mass is 108 g/mol. The predicted octanol–water partition coefficient (Wildman–Crippen LogP) is 2.37. The first kappa shape index (κ1) is 7.30. The van der Waals surface area contributed by atoms with Crippen LogP contribution in [-0.2, 0) is 0 Å². The molecule has 0 bridgehead atoms. The topological polar surface area (TPSA) is 0 Å². The van der Waals surface area contributed by atoms with Crippen LogP contribution >= 0.6 is 0 Å². The van der Waals surface area contributed by atoms with Gasteiger partial charge >= 0.3 is 0 Å². The van der Waals surface area contributed by atoms with Crippen molar-refractivity contribution in [2.24, 2.45) is 0 Å². The molecule has 0 atom stereocenters. The zero-order valence-electron chi connectivity index (χ0n) is 5.41. The van der Waals surface area contributed by atoms with Crippen LogP contribution in [0.5, 0.6) is 0 Å². The molecule has 0 aliphatic heterocycles. The van der Waals surface area contributed by atoms with E-state index in [2.05, 4.69) is 19.4 Å². The summed E-state index contributed by atoms with van der Waals surface area (Å²) in [6, 6.07) is 0. The minimum Gasteiger partial charge on any atom is -0.120 e. The van der Waals surface area contributed by atoms with Crippen molar-refractivity contribution in [2.75, 3.05) is 0 Å². The third-order valence-electron chi connectivity index (χ3n) is 0.956. The Morgan fingerprint density at radius 1 is 1.75 bits per heavy atom. The lowest BCUT2D eigenvalue weighted by molar-refractivity contribution is 0.890. The van der Waals surface area contributed by atoms with E-state index < -0.39 is 0 Å². The molecule has 0 aromatic carbocycles. The average molecular weight is 108 g/mol. The second-order valence-electron chi connectivity index (χ2n) is 1.88. The maximum absolute atomic E-state index is 5.05. The van der Waals surface area contributed by atoms with Crippen molar-refractivity contribution in [3.8, 4) is 12.3 Å². The van der Waals surface area contributed by atoms with E-state index in [4.69, 9.17) is 6.42 Å². The molecule has 0 heteroatoms. The number of rotatable bonds is 3. The first-order valence-corrected chi connectivity index (χ1v) is 2.91. The molecule has 0 heterocycles. The second-order valence-corrected chi connectivity index (χ2v) is 1.88. The van der Waals surface area contributed by atoms with Gasteiger partial charge in [-0.05, 0) is 6.42 Å². The van der Waals surface area contributed by atoms with Crippen molar-refractivity contribution in [1.82, 2.24) is 0 Å². The third-order valence-corrected chi connectivity index (χ3v) is 0.956. The standard InChI is InChI=1S/C8H12/c1-4-6-8(3)7-5-2/h1H,3,5-7H2,2H3. The highest BCUT2D eigenvalue weighted by atomic mass is 13.9. The summed E-state index contributed by atoms with van der Waals surface area (Å²) in [5.41, 5.74) is 1.18. The maximum atomic E-state index is 5.05. The fourth-order valence-electron chi connectivity index (χ4n) is 0.586. The summed E-state index contributed by atoms with van der Waals surface area (Å²) in [6.45, 7) is 5.92. The molecule has 0 aliphatic rings. The number of hydrogen-bond acceptors (Lipinski definition) is 0. The van der Waals surface area contributed by atoms with E-state index >= 15 is 0 Å². The Kier molecular flexibility index (Phi) is 4.07. The fourth-order valence-corrected chi connectivity index (χ4v) is 0.586. The van der Waals surface area contributed by atoms with Crippen molar-refractivity contribution < 1.29 is 0 Å². The molecule has 0 N–H and O–H groups in total. The van der Waals surface area contributed by atoms with Gasteiger partial charge in [0.2, 0.25) is 0 Å². The van der Waals surface area contributed by atoms with Gasteiger partial charge in [0, 0.05) is 6.42 Å². The first-order valence-electron chi connectivity index (χ1n) is 2.91. The van der Waals surface area contributed by atoms with Crippen molar-refractivity contribution in [3.63, 3.8) is 0 Å². The van der Waals surface area contributed by atoms with Gasteiger partial charge in [-0.2, -0.15) is 0 Å². The maximum Gasteiger partial charge on any atom is 0.0293 e. The lowest BCUT2D eigenvalue weighted by Crippen LogP contribution is -1.75. The molecule has 0 unspecified atom stereocenters. The van der Waals surface area contributed by atoms with Crippen LogP contribution in [-0.4, -0.2) is 0 Å². The molecule has 0 aliphatic carbocycles. The minimum atomic E-state index is 0.744. The van der Waals surface area contributed by atoms with Crippen LogP contribution in [0.1, 0.15) is 26.2 Å². The molecule has 0 spiro atoms. The third kappa shape index (κ3) is 3.49. The average Bonchev–Trinajstić information content (AvgIpc) is 1.68. The van der Waals surface area contributed by atoms with Gasteiger partial charge in [-0.25, -0.2) is 0 Å². The van der Waals surface area contributed by atoms with E-state index in [-0.39, 0.29) is 0 Å². The molecule has 44 valence electrons. The first-order chi connectivity index (χ1) is 3.81. The summed E-state index contributed by atoms with van der Waals surface area (Å²) in [5.74, 6) is 2.55. The van der Waals surface area contributed by atoms with Crippen LogP contribution in [0.4, 0.5) is 0 Å². The molecule has 8 heavy (non-hydrogen) atoms. The quantitative estimate of drug-likeness (QED) is 0.384. The highest BCUT2D eigenvalue weighted by Crippen LogP contribution is 2.03. The Morgan fingerprint density at radius 2 is 2.38 bits per heavy atom. The molecular formula is C8H12. The van der Waals surface area contributed by atoms with E-state index in [1.807, 2.05) is 0 Å². The summed E-state index contributed by atoms with van der Waals surface area (Å²) in [5, 5.41) is 0. The van der Waals surface area contributed by atoms with Gasteiger partial charge < -0.3 is 0 Å². The summed E-state index contributed by atoms with van der Waals surface area (Å²) < 4.78 is 0. The van der Waals surface area contributed by atoms with Crippen LogP contribution in [0.15, 0.2) is 12.2 Å². The molecule has 0 saturated heterocycles. The Labute approximate surface area is 51.6 Å². The lowest BCUT2D eigenvalue weighted by atomic mass is 10.1. The highest BCUT2D eigenvalue weighted by molar-refractivity contribution is 5.05. The smallest absolute Gasteiger partial charge is 0.0293 e. The Morgan fingerprint density at radius 3 is 2.75 bits per heavy atom. The largest absolute Gasteiger partial charge is 0.120 e. The van der Waals surface area contributed by atoms with Crippen LogP contribution in [0, 0.1) is 12.3 Å². The number of terminal acetylenes is 1. The van der Waals surface area contributed by atoms with E-state index in [1.54, 1.807) is 0 Å². The van der Waals surface area contributed by atoms with Crippen molar-refractivity contribution in [3.05, 3.63) is 12.2 Å². The Bertz CT molecular complexity index is 104. The molecule has 0 radical (unpaired) electrons.